The first-order chi connectivity index (χ1) is 7.65. The summed E-state index contributed by atoms with van der Waals surface area (Å²) in [7, 11) is 0. The van der Waals surface area contributed by atoms with Gasteiger partial charge in [0, 0.05) is 15.6 Å². The third kappa shape index (κ3) is 1.98. The molecule has 2 nitrogen and oxygen atoms in total. The van der Waals surface area contributed by atoms with Crippen molar-refractivity contribution in [2.24, 2.45) is 0 Å². The number of fused-ring (bicyclic) bond motifs is 1. The summed E-state index contributed by atoms with van der Waals surface area (Å²) >= 11 is 3.52. The third-order valence-corrected chi connectivity index (χ3v) is 3.88. The molecule has 88 valence electrons. The fourth-order valence-corrected chi connectivity index (χ4v) is 3.02. The minimum Gasteiger partial charge on any atom is -0.494 e. The first kappa shape index (κ1) is 11.9. The van der Waals surface area contributed by atoms with Crippen LogP contribution in [0.15, 0.2) is 16.6 Å². The number of aliphatic hydroxyl groups is 1. The van der Waals surface area contributed by atoms with Gasteiger partial charge in [-0.1, -0.05) is 22.9 Å². The third-order valence-electron chi connectivity index (χ3n) is 3.19. The smallest absolute Gasteiger partial charge is 0.123 e. The Balaban J connectivity index is 2.55. The van der Waals surface area contributed by atoms with Gasteiger partial charge in [-0.05, 0) is 37.8 Å². The van der Waals surface area contributed by atoms with Gasteiger partial charge < -0.3 is 9.84 Å². The second kappa shape index (κ2) is 4.76. The van der Waals surface area contributed by atoms with Crippen molar-refractivity contribution in [2.75, 3.05) is 6.61 Å². The second-order valence-electron chi connectivity index (χ2n) is 4.30. The van der Waals surface area contributed by atoms with E-state index in [9.17, 15) is 5.11 Å². The van der Waals surface area contributed by atoms with Gasteiger partial charge in [0.1, 0.15) is 5.75 Å². The molecule has 0 amide bonds. The van der Waals surface area contributed by atoms with Crippen LogP contribution in [0.25, 0.3) is 0 Å². The highest BCUT2D eigenvalue weighted by atomic mass is 79.9. The summed E-state index contributed by atoms with van der Waals surface area (Å²) in [6.45, 7) is 4.84. The number of benzene rings is 1. The summed E-state index contributed by atoms with van der Waals surface area (Å²) in [5.74, 6) is 1.38. The van der Waals surface area contributed by atoms with Gasteiger partial charge in [-0.2, -0.15) is 0 Å². The van der Waals surface area contributed by atoms with Crippen LogP contribution < -0.4 is 4.74 Å². The maximum atomic E-state index is 10.1. The van der Waals surface area contributed by atoms with Crippen LogP contribution in [0, 0.1) is 0 Å². The molecule has 1 aliphatic carbocycles. The summed E-state index contributed by atoms with van der Waals surface area (Å²) in [5, 5.41) is 10.1. The van der Waals surface area contributed by atoms with Gasteiger partial charge in [-0.3, -0.25) is 0 Å². The van der Waals surface area contributed by atoms with Crippen molar-refractivity contribution < 1.29 is 9.84 Å². The highest BCUT2D eigenvalue weighted by Crippen LogP contribution is 2.45. The number of aliphatic hydroxyl groups excluding tert-OH is 1. The Bertz CT molecular complexity index is 390. The average molecular weight is 285 g/mol. The summed E-state index contributed by atoms with van der Waals surface area (Å²) < 4.78 is 6.64. The molecule has 0 aliphatic heterocycles. The molecule has 1 unspecified atom stereocenters. The zero-order chi connectivity index (χ0) is 11.7. The lowest BCUT2D eigenvalue weighted by atomic mass is 9.82. The monoisotopic (exact) mass is 284 g/mol. The van der Waals surface area contributed by atoms with Crippen molar-refractivity contribution in [2.45, 2.75) is 38.7 Å². The van der Waals surface area contributed by atoms with Crippen molar-refractivity contribution in [1.29, 1.82) is 0 Å². The fourth-order valence-electron chi connectivity index (χ4n) is 2.41. The van der Waals surface area contributed by atoms with E-state index in [2.05, 4.69) is 22.9 Å². The van der Waals surface area contributed by atoms with Crippen LogP contribution in [-0.4, -0.2) is 11.7 Å². The van der Waals surface area contributed by atoms with Gasteiger partial charge in [0.15, 0.2) is 0 Å². The summed E-state index contributed by atoms with van der Waals surface area (Å²) in [6, 6.07) is 3.95. The molecule has 0 aromatic heterocycles. The van der Waals surface area contributed by atoms with Crippen molar-refractivity contribution in [3.05, 3.63) is 27.7 Å². The number of hydrogen-bond acceptors (Lipinski definition) is 2. The van der Waals surface area contributed by atoms with E-state index < -0.39 is 0 Å². The van der Waals surface area contributed by atoms with E-state index in [1.807, 2.05) is 19.1 Å². The van der Waals surface area contributed by atoms with Crippen LogP contribution in [0.1, 0.15) is 49.8 Å². The van der Waals surface area contributed by atoms with Crippen LogP contribution in [0.2, 0.25) is 0 Å². The van der Waals surface area contributed by atoms with Gasteiger partial charge in [0.25, 0.3) is 0 Å². The molecule has 0 heterocycles. The van der Waals surface area contributed by atoms with E-state index in [-0.39, 0.29) is 6.10 Å². The molecule has 1 aromatic rings. The van der Waals surface area contributed by atoms with E-state index in [0.717, 1.165) is 28.6 Å². The van der Waals surface area contributed by atoms with Crippen LogP contribution in [-0.2, 0) is 0 Å². The van der Waals surface area contributed by atoms with E-state index in [1.165, 1.54) is 5.56 Å². The van der Waals surface area contributed by atoms with E-state index >= 15 is 0 Å². The highest BCUT2D eigenvalue weighted by Gasteiger charge is 2.28. The van der Waals surface area contributed by atoms with Gasteiger partial charge >= 0.3 is 0 Å². The van der Waals surface area contributed by atoms with Crippen LogP contribution in [0.4, 0.5) is 0 Å². The van der Waals surface area contributed by atoms with E-state index in [0.29, 0.717) is 12.5 Å². The topological polar surface area (TPSA) is 29.5 Å². The fraction of sp³-hybridized carbons (Fsp3) is 0.538. The Morgan fingerprint density at radius 2 is 2.12 bits per heavy atom. The second-order valence-corrected chi connectivity index (χ2v) is 5.15. The molecular weight excluding hydrogens is 268 g/mol. The number of halogens is 1. The molecular formula is C13H17BrO2. The molecule has 0 spiro atoms. The maximum absolute atomic E-state index is 10.1. The first-order valence-electron chi connectivity index (χ1n) is 5.78. The van der Waals surface area contributed by atoms with Crippen molar-refractivity contribution in [3.63, 3.8) is 0 Å². The molecule has 2 rings (SSSR count). The molecule has 1 aromatic carbocycles. The lowest BCUT2D eigenvalue weighted by Crippen LogP contribution is -2.15. The summed E-state index contributed by atoms with van der Waals surface area (Å²) in [4.78, 5) is 0. The minimum atomic E-state index is -0.360. The molecule has 16 heavy (non-hydrogen) atoms. The molecule has 2 atom stereocenters. The van der Waals surface area contributed by atoms with Gasteiger partial charge in [-0.15, -0.1) is 0 Å². The van der Waals surface area contributed by atoms with Crippen LogP contribution in [0.3, 0.4) is 0 Å². The number of hydrogen-bond donors (Lipinski definition) is 1. The minimum absolute atomic E-state index is 0.360. The molecule has 0 saturated heterocycles. The Morgan fingerprint density at radius 1 is 1.38 bits per heavy atom. The Hall–Kier alpha value is -0.540. The summed E-state index contributed by atoms with van der Waals surface area (Å²) in [5.41, 5.74) is 2.19. The van der Waals surface area contributed by atoms with E-state index in [4.69, 9.17) is 4.74 Å². The number of ether oxygens (including phenoxy) is 1. The first-order valence-corrected chi connectivity index (χ1v) is 6.57. The lowest BCUT2D eigenvalue weighted by molar-refractivity contribution is 0.149. The van der Waals surface area contributed by atoms with Crippen LogP contribution in [0.5, 0.6) is 5.75 Å². The maximum Gasteiger partial charge on any atom is 0.123 e. The van der Waals surface area contributed by atoms with E-state index in [1.54, 1.807) is 0 Å². The van der Waals surface area contributed by atoms with Crippen molar-refractivity contribution in [3.8, 4) is 5.75 Å². The average Bonchev–Trinajstić information content (AvgIpc) is 2.26. The summed E-state index contributed by atoms with van der Waals surface area (Å²) in [6.07, 6.45) is 1.49. The molecule has 3 heteroatoms. The van der Waals surface area contributed by atoms with Gasteiger partial charge in [0.05, 0.1) is 12.7 Å². The molecule has 0 bridgehead atoms. The zero-order valence-corrected chi connectivity index (χ0v) is 11.3. The Kier molecular flexibility index (Phi) is 3.55. The standard InChI is InChI=1S/C13H17BrO2/c1-3-16-11-7-5-9(14)13-10(15)6-4-8(2)12(11)13/h5,7-8,10,15H,3-4,6H2,1-2H3/t8?,10-/m0/s1. The van der Waals surface area contributed by atoms with Crippen molar-refractivity contribution in [1.82, 2.24) is 0 Å². The van der Waals surface area contributed by atoms with Gasteiger partial charge in [-0.25, -0.2) is 0 Å². The normalized spacial score (nSPS) is 24.0. The van der Waals surface area contributed by atoms with Gasteiger partial charge in [0.2, 0.25) is 0 Å². The molecule has 1 aliphatic rings. The molecule has 0 radical (unpaired) electrons. The quantitative estimate of drug-likeness (QED) is 0.896. The predicted molar refractivity (Wildman–Crippen MR) is 67.9 cm³/mol. The zero-order valence-electron chi connectivity index (χ0n) is 9.66. The number of rotatable bonds is 2. The SMILES string of the molecule is CCOc1ccc(Br)c2c1C(C)CC[C@@H]2O. The van der Waals surface area contributed by atoms with Crippen LogP contribution >= 0.6 is 15.9 Å². The molecule has 1 N–H and O–H groups in total. The Labute approximate surface area is 105 Å². The molecule has 0 saturated carbocycles. The predicted octanol–water partition coefficient (Wildman–Crippen LogP) is 3.78. The van der Waals surface area contributed by atoms with Crippen molar-refractivity contribution >= 4 is 15.9 Å². The Morgan fingerprint density at radius 3 is 2.81 bits per heavy atom. The lowest BCUT2D eigenvalue weighted by Gasteiger charge is -2.29. The largest absolute Gasteiger partial charge is 0.494 e. The highest BCUT2D eigenvalue weighted by molar-refractivity contribution is 9.10. The molecule has 0 fully saturated rings.